The first-order valence-corrected chi connectivity index (χ1v) is 6.18. The molecule has 2 nitrogen and oxygen atoms in total. The molecule has 0 heterocycles. The second-order valence-corrected chi connectivity index (χ2v) is 4.60. The molecule has 0 aliphatic rings. The standard InChI is InChI=1S/C14H24N2/c1-12(2)16-10-9-15-8-7-14-6-4-5-13(3)11-14/h4-6,11-12,15-16H,7-10H2,1-3H3. The van der Waals surface area contributed by atoms with E-state index in [1.54, 1.807) is 0 Å². The fraction of sp³-hybridized carbons (Fsp3) is 0.571. The molecule has 0 atom stereocenters. The first-order chi connectivity index (χ1) is 7.68. The predicted molar refractivity (Wildman–Crippen MR) is 70.9 cm³/mol. The highest BCUT2D eigenvalue weighted by molar-refractivity contribution is 5.22. The van der Waals surface area contributed by atoms with Crippen LogP contribution >= 0.6 is 0 Å². The highest BCUT2D eigenvalue weighted by Crippen LogP contribution is 2.03. The van der Waals surface area contributed by atoms with Crippen LogP contribution < -0.4 is 10.6 Å². The van der Waals surface area contributed by atoms with Crippen LogP contribution in [0.1, 0.15) is 25.0 Å². The summed E-state index contributed by atoms with van der Waals surface area (Å²) in [7, 11) is 0. The van der Waals surface area contributed by atoms with E-state index in [0.29, 0.717) is 6.04 Å². The summed E-state index contributed by atoms with van der Waals surface area (Å²) in [4.78, 5) is 0. The van der Waals surface area contributed by atoms with E-state index in [9.17, 15) is 0 Å². The number of hydrogen-bond acceptors (Lipinski definition) is 2. The van der Waals surface area contributed by atoms with Crippen LogP contribution in [0.3, 0.4) is 0 Å². The number of nitrogens with one attached hydrogen (secondary N) is 2. The Bertz CT molecular complexity index is 295. The molecule has 0 saturated carbocycles. The summed E-state index contributed by atoms with van der Waals surface area (Å²) in [6, 6.07) is 9.31. The third-order valence-corrected chi connectivity index (χ3v) is 2.53. The predicted octanol–water partition coefficient (Wildman–Crippen LogP) is 2.13. The minimum absolute atomic E-state index is 0.582. The Morgan fingerprint density at radius 3 is 2.62 bits per heavy atom. The van der Waals surface area contributed by atoms with Crippen molar-refractivity contribution in [2.24, 2.45) is 0 Å². The molecule has 1 rings (SSSR count). The van der Waals surface area contributed by atoms with Gasteiger partial charge in [0.05, 0.1) is 0 Å². The van der Waals surface area contributed by atoms with Crippen molar-refractivity contribution in [3.63, 3.8) is 0 Å². The molecular weight excluding hydrogens is 196 g/mol. The van der Waals surface area contributed by atoms with Gasteiger partial charge in [-0.3, -0.25) is 0 Å². The second kappa shape index (κ2) is 7.42. The Balaban J connectivity index is 2.07. The first-order valence-electron chi connectivity index (χ1n) is 6.18. The third kappa shape index (κ3) is 5.89. The van der Waals surface area contributed by atoms with Gasteiger partial charge in [-0.05, 0) is 25.5 Å². The van der Waals surface area contributed by atoms with Gasteiger partial charge in [-0.1, -0.05) is 43.7 Å². The number of benzene rings is 1. The Morgan fingerprint density at radius 1 is 1.12 bits per heavy atom. The highest BCUT2D eigenvalue weighted by Gasteiger charge is 1.94. The van der Waals surface area contributed by atoms with Gasteiger partial charge in [0.15, 0.2) is 0 Å². The summed E-state index contributed by atoms with van der Waals surface area (Å²) in [6.45, 7) is 9.64. The van der Waals surface area contributed by atoms with E-state index in [-0.39, 0.29) is 0 Å². The zero-order valence-electron chi connectivity index (χ0n) is 10.7. The number of rotatable bonds is 7. The summed E-state index contributed by atoms with van der Waals surface area (Å²) in [6.07, 6.45) is 1.11. The largest absolute Gasteiger partial charge is 0.315 e. The lowest BCUT2D eigenvalue weighted by Gasteiger charge is -2.09. The second-order valence-electron chi connectivity index (χ2n) is 4.60. The molecule has 0 aromatic heterocycles. The molecule has 0 radical (unpaired) electrons. The molecular formula is C14H24N2. The van der Waals surface area contributed by atoms with Crippen LogP contribution in [0.15, 0.2) is 24.3 Å². The van der Waals surface area contributed by atoms with Crippen molar-refractivity contribution in [2.45, 2.75) is 33.2 Å². The maximum absolute atomic E-state index is 3.45. The first kappa shape index (κ1) is 13.2. The Hall–Kier alpha value is -0.860. The summed E-state index contributed by atoms with van der Waals surface area (Å²) >= 11 is 0. The lowest BCUT2D eigenvalue weighted by molar-refractivity contribution is 0.556. The van der Waals surface area contributed by atoms with E-state index in [4.69, 9.17) is 0 Å². The van der Waals surface area contributed by atoms with Crippen molar-refractivity contribution in [1.29, 1.82) is 0 Å². The maximum atomic E-state index is 3.45. The Morgan fingerprint density at radius 2 is 1.94 bits per heavy atom. The molecule has 0 fully saturated rings. The van der Waals surface area contributed by atoms with E-state index in [1.165, 1.54) is 11.1 Å². The summed E-state index contributed by atoms with van der Waals surface area (Å²) in [5.41, 5.74) is 2.77. The molecule has 2 N–H and O–H groups in total. The Labute approximate surface area is 99.5 Å². The number of hydrogen-bond donors (Lipinski definition) is 2. The zero-order valence-corrected chi connectivity index (χ0v) is 10.7. The van der Waals surface area contributed by atoms with Gasteiger partial charge in [-0.15, -0.1) is 0 Å². The summed E-state index contributed by atoms with van der Waals surface area (Å²) < 4.78 is 0. The fourth-order valence-electron chi connectivity index (χ4n) is 1.67. The van der Waals surface area contributed by atoms with Gasteiger partial charge in [0, 0.05) is 19.1 Å². The summed E-state index contributed by atoms with van der Waals surface area (Å²) in [5, 5.41) is 6.84. The quantitative estimate of drug-likeness (QED) is 0.688. The van der Waals surface area contributed by atoms with Crippen molar-refractivity contribution in [3.05, 3.63) is 35.4 Å². The molecule has 0 aliphatic heterocycles. The number of aryl methyl sites for hydroxylation is 1. The van der Waals surface area contributed by atoms with Gasteiger partial charge in [-0.2, -0.15) is 0 Å². The normalized spacial score (nSPS) is 11.0. The average molecular weight is 220 g/mol. The molecule has 0 spiro atoms. The zero-order chi connectivity index (χ0) is 11.8. The van der Waals surface area contributed by atoms with Gasteiger partial charge in [0.1, 0.15) is 0 Å². The minimum atomic E-state index is 0.582. The van der Waals surface area contributed by atoms with E-state index in [2.05, 4.69) is 55.7 Å². The molecule has 1 aromatic rings. The Kier molecular flexibility index (Phi) is 6.12. The van der Waals surface area contributed by atoms with Crippen LogP contribution in [0.2, 0.25) is 0 Å². The van der Waals surface area contributed by atoms with Crippen LogP contribution in [-0.4, -0.2) is 25.7 Å². The van der Waals surface area contributed by atoms with E-state index in [1.807, 2.05) is 0 Å². The van der Waals surface area contributed by atoms with Crippen LogP contribution in [0, 0.1) is 6.92 Å². The highest BCUT2D eigenvalue weighted by atomic mass is 14.9. The third-order valence-electron chi connectivity index (χ3n) is 2.53. The fourth-order valence-corrected chi connectivity index (χ4v) is 1.67. The lowest BCUT2D eigenvalue weighted by atomic mass is 10.1. The van der Waals surface area contributed by atoms with Gasteiger partial charge >= 0.3 is 0 Å². The van der Waals surface area contributed by atoms with Crippen molar-refractivity contribution >= 4 is 0 Å². The van der Waals surface area contributed by atoms with Crippen LogP contribution in [0.5, 0.6) is 0 Å². The van der Waals surface area contributed by atoms with Crippen molar-refractivity contribution < 1.29 is 0 Å². The molecule has 1 aromatic carbocycles. The molecule has 2 heteroatoms. The smallest absolute Gasteiger partial charge is 0.00790 e. The summed E-state index contributed by atoms with van der Waals surface area (Å²) in [5.74, 6) is 0. The SMILES string of the molecule is Cc1cccc(CCNCCNC(C)C)c1. The topological polar surface area (TPSA) is 24.1 Å². The molecule has 90 valence electrons. The van der Waals surface area contributed by atoms with E-state index >= 15 is 0 Å². The molecule has 0 saturated heterocycles. The van der Waals surface area contributed by atoms with Crippen molar-refractivity contribution in [2.75, 3.05) is 19.6 Å². The van der Waals surface area contributed by atoms with Gasteiger partial charge in [-0.25, -0.2) is 0 Å². The van der Waals surface area contributed by atoms with Crippen molar-refractivity contribution in [1.82, 2.24) is 10.6 Å². The van der Waals surface area contributed by atoms with Gasteiger partial charge in [0.2, 0.25) is 0 Å². The van der Waals surface area contributed by atoms with Crippen LogP contribution in [0.25, 0.3) is 0 Å². The van der Waals surface area contributed by atoms with Crippen molar-refractivity contribution in [3.8, 4) is 0 Å². The van der Waals surface area contributed by atoms with Gasteiger partial charge in [0.25, 0.3) is 0 Å². The average Bonchev–Trinajstić information content (AvgIpc) is 2.23. The maximum Gasteiger partial charge on any atom is 0.00790 e. The van der Waals surface area contributed by atoms with E-state index < -0.39 is 0 Å². The van der Waals surface area contributed by atoms with Gasteiger partial charge < -0.3 is 10.6 Å². The van der Waals surface area contributed by atoms with Crippen LogP contribution in [-0.2, 0) is 6.42 Å². The van der Waals surface area contributed by atoms with Crippen LogP contribution in [0.4, 0.5) is 0 Å². The molecule has 16 heavy (non-hydrogen) atoms. The molecule has 0 aliphatic carbocycles. The molecule has 0 amide bonds. The minimum Gasteiger partial charge on any atom is -0.315 e. The monoisotopic (exact) mass is 220 g/mol. The molecule has 0 bridgehead atoms. The lowest BCUT2D eigenvalue weighted by Crippen LogP contribution is -2.32. The molecule has 0 unspecified atom stereocenters. The van der Waals surface area contributed by atoms with E-state index in [0.717, 1.165) is 26.1 Å².